The maximum absolute atomic E-state index is 11.9. The quantitative estimate of drug-likeness (QED) is 0.868. The van der Waals surface area contributed by atoms with Gasteiger partial charge in [0.05, 0.1) is 0 Å². The van der Waals surface area contributed by atoms with E-state index in [0.29, 0.717) is 11.7 Å². The van der Waals surface area contributed by atoms with Crippen LogP contribution in [0.15, 0.2) is 24.3 Å². The topological polar surface area (TPSA) is 37.3 Å². The molecule has 1 N–H and O–H groups in total. The highest BCUT2D eigenvalue weighted by Crippen LogP contribution is 2.31. The second-order valence-corrected chi connectivity index (χ2v) is 5.09. The highest BCUT2D eigenvalue weighted by Gasteiger charge is 2.27. The van der Waals surface area contributed by atoms with E-state index < -0.39 is 0 Å². The van der Waals surface area contributed by atoms with E-state index >= 15 is 0 Å². The van der Waals surface area contributed by atoms with Gasteiger partial charge in [-0.05, 0) is 42.9 Å². The van der Waals surface area contributed by atoms with Crippen molar-refractivity contribution in [2.45, 2.75) is 39.0 Å². The SMILES string of the molecule is CCC1CCC(=O)C(Cc2cccc(O)c2)C1. The fraction of sp³-hybridized carbons (Fsp3) is 0.533. The lowest BCUT2D eigenvalue weighted by molar-refractivity contribution is -0.125. The zero-order valence-electron chi connectivity index (χ0n) is 10.4. The van der Waals surface area contributed by atoms with Gasteiger partial charge in [0, 0.05) is 12.3 Å². The Bertz CT molecular complexity index is 398. The molecule has 1 aliphatic carbocycles. The minimum absolute atomic E-state index is 0.162. The average molecular weight is 232 g/mol. The second kappa shape index (κ2) is 5.35. The van der Waals surface area contributed by atoms with Crippen LogP contribution in [0.2, 0.25) is 0 Å². The van der Waals surface area contributed by atoms with E-state index in [2.05, 4.69) is 6.92 Å². The lowest BCUT2D eigenvalue weighted by atomic mass is 9.77. The van der Waals surface area contributed by atoms with Crippen LogP contribution in [0.5, 0.6) is 5.75 Å². The summed E-state index contributed by atoms with van der Waals surface area (Å²) in [6.07, 6.45) is 4.77. The molecule has 2 rings (SSSR count). The van der Waals surface area contributed by atoms with Crippen molar-refractivity contribution in [2.24, 2.45) is 11.8 Å². The molecule has 0 amide bonds. The Morgan fingerprint density at radius 2 is 2.24 bits per heavy atom. The molecule has 17 heavy (non-hydrogen) atoms. The number of ketones is 1. The Morgan fingerprint density at radius 1 is 1.41 bits per heavy atom. The van der Waals surface area contributed by atoms with Crippen LogP contribution in [-0.4, -0.2) is 10.9 Å². The van der Waals surface area contributed by atoms with Crippen LogP contribution in [0.1, 0.15) is 38.2 Å². The molecule has 1 aliphatic rings. The standard InChI is InChI=1S/C15H20O2/c1-2-11-6-7-15(17)13(8-11)9-12-4-3-5-14(16)10-12/h3-5,10-11,13,16H,2,6-9H2,1H3. The largest absolute Gasteiger partial charge is 0.508 e. The van der Waals surface area contributed by atoms with Crippen molar-refractivity contribution < 1.29 is 9.90 Å². The summed E-state index contributed by atoms with van der Waals surface area (Å²) >= 11 is 0. The Kier molecular flexibility index (Phi) is 3.82. The van der Waals surface area contributed by atoms with Crippen molar-refractivity contribution in [2.75, 3.05) is 0 Å². The Labute approximate surface area is 103 Å². The number of hydrogen-bond donors (Lipinski definition) is 1. The van der Waals surface area contributed by atoms with Gasteiger partial charge in [0.15, 0.2) is 0 Å². The van der Waals surface area contributed by atoms with E-state index in [1.54, 1.807) is 12.1 Å². The van der Waals surface area contributed by atoms with Crippen LogP contribution in [-0.2, 0) is 11.2 Å². The maximum Gasteiger partial charge on any atom is 0.136 e. The molecule has 1 aromatic rings. The molecule has 1 fully saturated rings. The van der Waals surface area contributed by atoms with E-state index in [4.69, 9.17) is 0 Å². The van der Waals surface area contributed by atoms with Crippen molar-refractivity contribution in [1.82, 2.24) is 0 Å². The number of carbonyl (C=O) groups excluding carboxylic acids is 1. The van der Waals surface area contributed by atoms with Gasteiger partial charge >= 0.3 is 0 Å². The summed E-state index contributed by atoms with van der Waals surface area (Å²) in [5, 5.41) is 9.42. The lowest BCUT2D eigenvalue weighted by Crippen LogP contribution is -2.26. The molecule has 1 aromatic carbocycles. The number of hydrogen-bond acceptors (Lipinski definition) is 2. The first-order valence-electron chi connectivity index (χ1n) is 6.49. The Morgan fingerprint density at radius 3 is 2.94 bits per heavy atom. The molecule has 0 aliphatic heterocycles. The molecule has 0 heterocycles. The molecular weight excluding hydrogens is 212 g/mol. The molecule has 2 heteroatoms. The van der Waals surface area contributed by atoms with E-state index in [9.17, 15) is 9.90 Å². The first-order valence-corrected chi connectivity index (χ1v) is 6.49. The van der Waals surface area contributed by atoms with Crippen LogP contribution >= 0.6 is 0 Å². The van der Waals surface area contributed by atoms with Gasteiger partial charge in [0.25, 0.3) is 0 Å². The minimum atomic E-state index is 0.162. The number of carbonyl (C=O) groups is 1. The molecule has 92 valence electrons. The van der Waals surface area contributed by atoms with E-state index in [1.807, 2.05) is 12.1 Å². The number of benzene rings is 1. The van der Waals surface area contributed by atoms with Gasteiger partial charge in [-0.2, -0.15) is 0 Å². The third-order valence-electron chi connectivity index (χ3n) is 3.84. The summed E-state index contributed by atoms with van der Waals surface area (Å²) in [6, 6.07) is 7.27. The van der Waals surface area contributed by atoms with Crippen LogP contribution in [0.3, 0.4) is 0 Å². The predicted octanol–water partition coefficient (Wildman–Crippen LogP) is 3.33. The average Bonchev–Trinajstić information content (AvgIpc) is 2.32. The Balaban J connectivity index is 2.04. The lowest BCUT2D eigenvalue weighted by Gasteiger charge is -2.27. The van der Waals surface area contributed by atoms with Crippen LogP contribution in [0, 0.1) is 11.8 Å². The maximum atomic E-state index is 11.9. The number of rotatable bonds is 3. The number of phenols is 1. The number of aromatic hydroxyl groups is 1. The highest BCUT2D eigenvalue weighted by molar-refractivity contribution is 5.82. The number of phenolic OH excluding ortho intramolecular Hbond substituents is 1. The fourth-order valence-electron chi connectivity index (χ4n) is 2.74. The summed E-state index contributed by atoms with van der Waals surface area (Å²) < 4.78 is 0. The van der Waals surface area contributed by atoms with Gasteiger partial charge in [0.1, 0.15) is 11.5 Å². The molecule has 0 radical (unpaired) electrons. The summed E-state index contributed by atoms with van der Waals surface area (Å²) in [5.41, 5.74) is 1.07. The smallest absolute Gasteiger partial charge is 0.136 e. The van der Waals surface area contributed by atoms with Crippen molar-refractivity contribution in [3.63, 3.8) is 0 Å². The molecule has 1 saturated carbocycles. The highest BCUT2D eigenvalue weighted by atomic mass is 16.3. The minimum Gasteiger partial charge on any atom is -0.508 e. The van der Waals surface area contributed by atoms with Crippen molar-refractivity contribution in [3.05, 3.63) is 29.8 Å². The zero-order chi connectivity index (χ0) is 12.3. The normalized spacial score (nSPS) is 24.9. The summed E-state index contributed by atoms with van der Waals surface area (Å²) in [7, 11) is 0. The first-order chi connectivity index (χ1) is 8.19. The van der Waals surface area contributed by atoms with Crippen molar-refractivity contribution in [3.8, 4) is 5.75 Å². The first kappa shape index (κ1) is 12.2. The molecule has 0 aromatic heterocycles. The zero-order valence-corrected chi connectivity index (χ0v) is 10.4. The second-order valence-electron chi connectivity index (χ2n) is 5.09. The third kappa shape index (κ3) is 3.09. The van der Waals surface area contributed by atoms with Gasteiger partial charge in [-0.15, -0.1) is 0 Å². The molecule has 0 spiro atoms. The van der Waals surface area contributed by atoms with E-state index in [-0.39, 0.29) is 11.7 Å². The van der Waals surface area contributed by atoms with Crippen molar-refractivity contribution in [1.29, 1.82) is 0 Å². The summed E-state index contributed by atoms with van der Waals surface area (Å²) in [6.45, 7) is 2.20. The van der Waals surface area contributed by atoms with Crippen LogP contribution < -0.4 is 0 Å². The van der Waals surface area contributed by atoms with Gasteiger partial charge < -0.3 is 5.11 Å². The van der Waals surface area contributed by atoms with E-state index in [1.165, 1.54) is 6.42 Å². The fourth-order valence-corrected chi connectivity index (χ4v) is 2.74. The summed E-state index contributed by atoms with van der Waals surface area (Å²) in [4.78, 5) is 11.9. The molecular formula is C15H20O2. The third-order valence-corrected chi connectivity index (χ3v) is 3.84. The van der Waals surface area contributed by atoms with Gasteiger partial charge in [-0.1, -0.05) is 25.5 Å². The Hall–Kier alpha value is -1.31. The molecule has 0 bridgehead atoms. The monoisotopic (exact) mass is 232 g/mol. The number of Topliss-reactive ketones (excluding diaryl/α,β-unsaturated/α-hetero) is 1. The van der Waals surface area contributed by atoms with Gasteiger partial charge in [-0.3, -0.25) is 4.79 Å². The molecule has 0 saturated heterocycles. The van der Waals surface area contributed by atoms with Gasteiger partial charge in [-0.25, -0.2) is 0 Å². The molecule has 2 unspecified atom stereocenters. The summed E-state index contributed by atoms with van der Waals surface area (Å²) in [5.74, 6) is 1.56. The van der Waals surface area contributed by atoms with Crippen LogP contribution in [0.4, 0.5) is 0 Å². The van der Waals surface area contributed by atoms with E-state index in [0.717, 1.165) is 31.2 Å². The predicted molar refractivity (Wildman–Crippen MR) is 67.9 cm³/mol. The molecule has 2 atom stereocenters. The van der Waals surface area contributed by atoms with Crippen LogP contribution in [0.25, 0.3) is 0 Å². The van der Waals surface area contributed by atoms with Gasteiger partial charge in [0.2, 0.25) is 0 Å². The van der Waals surface area contributed by atoms with Crippen molar-refractivity contribution >= 4 is 5.78 Å². The molecule has 2 nitrogen and oxygen atoms in total.